The predicted molar refractivity (Wildman–Crippen MR) is 82.4 cm³/mol. The van der Waals surface area contributed by atoms with Crippen LogP contribution in [0.3, 0.4) is 0 Å². The molecule has 0 aliphatic rings. The molecule has 0 radical (unpaired) electrons. The quantitative estimate of drug-likeness (QED) is 0.252. The van der Waals surface area contributed by atoms with Gasteiger partial charge < -0.3 is 5.11 Å². The Hall–Kier alpha value is -2.89. The minimum Gasteiger partial charge on any atom is -0.493 e. The van der Waals surface area contributed by atoms with Crippen molar-refractivity contribution in [1.82, 2.24) is 14.8 Å². The van der Waals surface area contributed by atoms with E-state index in [0.717, 1.165) is 6.92 Å². The van der Waals surface area contributed by atoms with Gasteiger partial charge in [-0.1, -0.05) is 0 Å². The summed E-state index contributed by atoms with van der Waals surface area (Å²) >= 11 is 0. The van der Waals surface area contributed by atoms with E-state index in [0.29, 0.717) is 18.2 Å². The first kappa shape index (κ1) is 24.4. The maximum Gasteiger partial charge on any atom is 0.436 e. The Balaban J connectivity index is 0.00000341. The van der Waals surface area contributed by atoms with Crippen LogP contribution in [0.2, 0.25) is 0 Å². The maximum absolute atomic E-state index is 14.3. The largest absolute Gasteiger partial charge is 0.493 e. The van der Waals surface area contributed by atoms with Crippen molar-refractivity contribution < 1.29 is 64.5 Å². The van der Waals surface area contributed by atoms with Crippen molar-refractivity contribution in [1.29, 1.82) is 0 Å². The molecule has 3 rings (SSSR count). The number of carbonyl (C=O) groups excluding carboxylic acids is 1. The third kappa shape index (κ3) is 4.29. The fourth-order valence-electron chi connectivity index (χ4n) is 2.64. The van der Waals surface area contributed by atoms with Crippen molar-refractivity contribution in [2.24, 2.45) is 0 Å². The van der Waals surface area contributed by atoms with Crippen molar-refractivity contribution in [3.63, 3.8) is 0 Å². The monoisotopic (exact) mass is 501 g/mol. The number of aromatic hydroxyl groups is 1. The van der Waals surface area contributed by atoms with Gasteiger partial charge in [-0.25, -0.2) is 18.2 Å². The summed E-state index contributed by atoms with van der Waals surface area (Å²) < 4.78 is 107. The predicted octanol–water partition coefficient (Wildman–Crippen LogP) is 4.22. The third-order valence-corrected chi connectivity index (χ3v) is 3.88. The molecular weight excluding hydrogens is 496 g/mol. The van der Waals surface area contributed by atoms with Gasteiger partial charge in [0.1, 0.15) is 22.9 Å². The molecule has 0 unspecified atom stereocenters. The van der Waals surface area contributed by atoms with Crippen LogP contribution in [0.25, 0.3) is 5.69 Å². The van der Waals surface area contributed by atoms with E-state index < -0.39 is 75.3 Å². The zero-order valence-corrected chi connectivity index (χ0v) is 18.1. The second-order valence-corrected chi connectivity index (χ2v) is 5.91. The SMILES string of the molecule is Cc1nn(-c2c(F)c(F)nc(C(F)(F)F)c2F)c(O)c1C(=O)c1cc(F)cc(F)c1.[Zn]. The molecule has 0 aliphatic carbocycles. The molecule has 3 aromatic rings. The number of rotatable bonds is 3. The van der Waals surface area contributed by atoms with Crippen LogP contribution in [-0.4, -0.2) is 25.7 Å². The molecule has 0 spiro atoms. The van der Waals surface area contributed by atoms with Gasteiger partial charge in [-0.15, -0.1) is 0 Å². The molecule has 1 aromatic carbocycles. The molecule has 0 saturated heterocycles. The number of halogens is 8. The van der Waals surface area contributed by atoms with E-state index in [-0.39, 0.29) is 24.2 Å². The van der Waals surface area contributed by atoms with E-state index in [1.807, 2.05) is 0 Å². The van der Waals surface area contributed by atoms with E-state index in [1.54, 1.807) is 0 Å². The number of benzene rings is 1. The number of ketones is 1. The van der Waals surface area contributed by atoms with Crippen LogP contribution in [0.1, 0.15) is 27.3 Å². The second kappa shape index (κ2) is 8.33. The number of carbonyl (C=O) groups is 1. The summed E-state index contributed by atoms with van der Waals surface area (Å²) in [5, 5.41) is 13.6. The van der Waals surface area contributed by atoms with Gasteiger partial charge in [-0.3, -0.25) is 4.79 Å². The van der Waals surface area contributed by atoms with Crippen molar-refractivity contribution >= 4 is 5.78 Å². The van der Waals surface area contributed by atoms with E-state index >= 15 is 0 Å². The van der Waals surface area contributed by atoms with Gasteiger partial charge in [0.15, 0.2) is 11.5 Å². The molecule has 1 N–H and O–H groups in total. The van der Waals surface area contributed by atoms with Gasteiger partial charge in [0.25, 0.3) is 5.95 Å². The van der Waals surface area contributed by atoms with Crippen molar-refractivity contribution in [2.75, 3.05) is 0 Å². The average molecular weight is 503 g/mol. The molecule has 5 nitrogen and oxygen atoms in total. The number of alkyl halides is 3. The normalized spacial score (nSPS) is 11.4. The molecule has 2 aromatic heterocycles. The minimum absolute atomic E-state index is 0. The van der Waals surface area contributed by atoms with Crippen molar-refractivity contribution in [2.45, 2.75) is 13.1 Å². The summed E-state index contributed by atoms with van der Waals surface area (Å²) in [5.41, 5.74) is -6.16. The fourth-order valence-corrected chi connectivity index (χ4v) is 2.64. The van der Waals surface area contributed by atoms with Gasteiger partial charge in [0.2, 0.25) is 17.5 Å². The topological polar surface area (TPSA) is 68.0 Å². The molecule has 31 heavy (non-hydrogen) atoms. The summed E-state index contributed by atoms with van der Waals surface area (Å²) in [7, 11) is 0. The number of nitrogens with zero attached hydrogens (tertiary/aromatic N) is 3. The van der Waals surface area contributed by atoms with E-state index in [1.165, 1.54) is 0 Å². The molecule has 0 saturated carbocycles. The molecular formula is C17H7F8N3O2Zn. The molecule has 14 heteroatoms. The number of pyridine rings is 1. The Labute approximate surface area is 180 Å². The van der Waals surface area contributed by atoms with Gasteiger partial charge in [0, 0.05) is 31.1 Å². The summed E-state index contributed by atoms with van der Waals surface area (Å²) in [4.78, 5) is 14.7. The summed E-state index contributed by atoms with van der Waals surface area (Å²) in [6.07, 6.45) is -5.52. The van der Waals surface area contributed by atoms with Gasteiger partial charge in [-0.2, -0.15) is 31.7 Å². The molecule has 160 valence electrons. The number of aryl methyl sites for hydroxylation is 1. The first-order valence-electron chi connectivity index (χ1n) is 7.74. The van der Waals surface area contributed by atoms with Gasteiger partial charge in [0.05, 0.1) is 5.69 Å². The Bertz CT molecular complexity index is 1170. The third-order valence-electron chi connectivity index (χ3n) is 3.88. The minimum atomic E-state index is -5.52. The number of hydrogen-bond donors (Lipinski definition) is 1. The van der Waals surface area contributed by atoms with Gasteiger partial charge in [-0.05, 0) is 19.1 Å². The first-order chi connectivity index (χ1) is 13.8. The van der Waals surface area contributed by atoms with Crippen LogP contribution in [0, 0.1) is 36.1 Å². The van der Waals surface area contributed by atoms with E-state index in [2.05, 4.69) is 10.1 Å². The molecule has 0 fully saturated rings. The summed E-state index contributed by atoms with van der Waals surface area (Å²) in [6.45, 7) is 1.01. The second-order valence-electron chi connectivity index (χ2n) is 5.91. The molecule has 0 bridgehead atoms. The summed E-state index contributed by atoms with van der Waals surface area (Å²) in [5.74, 6) is -12.0. The molecule has 2 heterocycles. The first-order valence-corrected chi connectivity index (χ1v) is 7.74. The van der Waals surface area contributed by atoms with Crippen LogP contribution >= 0.6 is 0 Å². The maximum atomic E-state index is 14.3. The summed E-state index contributed by atoms with van der Waals surface area (Å²) in [6, 6.07) is 1.60. The van der Waals surface area contributed by atoms with E-state index in [4.69, 9.17) is 0 Å². The number of hydrogen-bond acceptors (Lipinski definition) is 4. The van der Waals surface area contributed by atoms with Crippen LogP contribution in [0.5, 0.6) is 5.88 Å². The van der Waals surface area contributed by atoms with Crippen LogP contribution in [0.15, 0.2) is 18.2 Å². The smallest absolute Gasteiger partial charge is 0.436 e. The van der Waals surface area contributed by atoms with Crippen molar-refractivity contribution in [3.05, 3.63) is 69.9 Å². The van der Waals surface area contributed by atoms with Crippen molar-refractivity contribution in [3.8, 4) is 11.6 Å². The van der Waals surface area contributed by atoms with Crippen LogP contribution in [-0.2, 0) is 25.7 Å². The van der Waals surface area contributed by atoms with E-state index in [9.17, 15) is 45.0 Å². The van der Waals surface area contributed by atoms with Crippen LogP contribution < -0.4 is 0 Å². The Morgan fingerprint density at radius 1 is 1.00 bits per heavy atom. The molecule has 0 amide bonds. The fraction of sp³-hybridized carbons (Fsp3) is 0.118. The number of aromatic nitrogens is 3. The zero-order valence-electron chi connectivity index (χ0n) is 15.2. The zero-order chi connectivity index (χ0) is 22.5. The Kier molecular flexibility index (Phi) is 6.55. The Morgan fingerprint density at radius 3 is 2.06 bits per heavy atom. The molecule has 0 aliphatic heterocycles. The molecule has 0 atom stereocenters. The van der Waals surface area contributed by atoms with Crippen LogP contribution in [0.4, 0.5) is 35.1 Å². The standard InChI is InChI=1S/C17H7F8N3O2.Zn/c1-5-9(13(29)6-2-7(18)4-8(19)3-6)16(30)28(27-5)12-10(20)14(17(23,24)25)26-15(22)11(12)21;/h2-4,30H,1H3;. The van der Waals surface area contributed by atoms with Gasteiger partial charge >= 0.3 is 6.18 Å². The Morgan fingerprint density at radius 2 is 1.55 bits per heavy atom. The average Bonchev–Trinajstić information content (AvgIpc) is 2.90.